The Morgan fingerprint density at radius 3 is 1.71 bits per heavy atom. The average Bonchev–Trinajstić information content (AvgIpc) is 3.02. The summed E-state index contributed by atoms with van der Waals surface area (Å²) in [6, 6.07) is 24.6. The van der Waals surface area contributed by atoms with Gasteiger partial charge in [-0.3, -0.25) is 4.79 Å². The average molecular weight is 550 g/mol. The fourth-order valence-electron chi connectivity index (χ4n) is 4.56. The van der Waals surface area contributed by atoms with E-state index in [0.717, 1.165) is 16.7 Å². The normalized spacial score (nSPS) is 10.8. The summed E-state index contributed by atoms with van der Waals surface area (Å²) in [5, 5.41) is 2.99. The molecule has 1 amide bonds. The summed E-state index contributed by atoms with van der Waals surface area (Å²) < 4.78 is 22.0. The van der Waals surface area contributed by atoms with E-state index in [-0.39, 0.29) is 5.91 Å². The van der Waals surface area contributed by atoms with Crippen molar-refractivity contribution in [3.05, 3.63) is 95.6 Å². The molecule has 4 aromatic carbocycles. The van der Waals surface area contributed by atoms with E-state index in [1.807, 2.05) is 73.7 Å². The van der Waals surface area contributed by atoms with Crippen LogP contribution in [0.25, 0.3) is 33.5 Å². The number of hydrogen-bond acceptors (Lipinski definition) is 7. The van der Waals surface area contributed by atoms with Gasteiger partial charge in [-0.15, -0.1) is 0 Å². The largest absolute Gasteiger partial charge is 0.493 e. The van der Waals surface area contributed by atoms with Crippen LogP contribution in [0.15, 0.2) is 78.9 Å². The van der Waals surface area contributed by atoms with Crippen LogP contribution in [0.1, 0.15) is 21.5 Å². The Labute approximate surface area is 238 Å². The molecule has 0 spiro atoms. The number of hydrogen-bond donors (Lipinski definition) is 1. The van der Waals surface area contributed by atoms with Crippen LogP contribution in [-0.4, -0.2) is 44.3 Å². The molecule has 0 aliphatic rings. The van der Waals surface area contributed by atoms with Crippen LogP contribution in [0.3, 0.4) is 0 Å². The molecule has 0 aliphatic heterocycles. The number of rotatable bonds is 9. The predicted octanol–water partition coefficient (Wildman–Crippen LogP) is 6.24. The van der Waals surface area contributed by atoms with Gasteiger partial charge in [0.15, 0.2) is 23.0 Å². The molecule has 208 valence electrons. The third-order valence-corrected chi connectivity index (χ3v) is 6.81. The van der Waals surface area contributed by atoms with Crippen LogP contribution >= 0.6 is 0 Å². The zero-order valence-corrected chi connectivity index (χ0v) is 23.6. The molecule has 1 N–H and O–H groups in total. The minimum Gasteiger partial charge on any atom is -0.493 e. The smallest absolute Gasteiger partial charge is 0.251 e. The fourth-order valence-corrected chi connectivity index (χ4v) is 4.56. The van der Waals surface area contributed by atoms with Gasteiger partial charge in [0.2, 0.25) is 0 Å². The second kappa shape index (κ2) is 12.0. The molecule has 41 heavy (non-hydrogen) atoms. The minimum absolute atomic E-state index is 0.189. The molecule has 8 nitrogen and oxygen atoms in total. The molecular weight excluding hydrogens is 518 g/mol. The Morgan fingerprint density at radius 2 is 1.17 bits per heavy atom. The van der Waals surface area contributed by atoms with Crippen LogP contribution in [0, 0.1) is 6.92 Å². The van der Waals surface area contributed by atoms with E-state index in [2.05, 4.69) is 5.32 Å². The summed E-state index contributed by atoms with van der Waals surface area (Å²) in [6.45, 7) is 2.46. The van der Waals surface area contributed by atoms with Crippen molar-refractivity contribution in [2.75, 3.05) is 28.4 Å². The zero-order chi connectivity index (χ0) is 28.9. The molecule has 0 saturated carbocycles. The van der Waals surface area contributed by atoms with Crippen molar-refractivity contribution in [3.8, 4) is 45.5 Å². The van der Waals surface area contributed by atoms with E-state index in [9.17, 15) is 4.79 Å². The Balaban J connectivity index is 1.59. The van der Waals surface area contributed by atoms with Gasteiger partial charge in [0.25, 0.3) is 5.91 Å². The summed E-state index contributed by atoms with van der Waals surface area (Å²) >= 11 is 0. The van der Waals surface area contributed by atoms with Crippen LogP contribution < -0.4 is 24.3 Å². The molecule has 0 unspecified atom stereocenters. The predicted molar refractivity (Wildman–Crippen MR) is 159 cm³/mol. The first-order chi connectivity index (χ1) is 19.9. The molecule has 8 heteroatoms. The van der Waals surface area contributed by atoms with E-state index in [1.54, 1.807) is 40.6 Å². The number of methoxy groups -OCH3 is 4. The number of ether oxygens (including phenoxy) is 4. The highest BCUT2D eigenvalue weighted by atomic mass is 16.5. The highest BCUT2D eigenvalue weighted by Crippen LogP contribution is 2.39. The number of fused-ring (bicyclic) bond motifs is 1. The van der Waals surface area contributed by atoms with Crippen molar-refractivity contribution >= 4 is 16.9 Å². The van der Waals surface area contributed by atoms with Crippen molar-refractivity contribution in [3.63, 3.8) is 0 Å². The lowest BCUT2D eigenvalue weighted by Gasteiger charge is -2.15. The lowest BCUT2D eigenvalue weighted by Crippen LogP contribution is -2.22. The van der Waals surface area contributed by atoms with Gasteiger partial charge < -0.3 is 24.3 Å². The molecule has 0 fully saturated rings. The highest BCUT2D eigenvalue weighted by molar-refractivity contribution is 5.98. The number of nitrogens with one attached hydrogen (secondary N) is 1. The van der Waals surface area contributed by atoms with Gasteiger partial charge in [-0.1, -0.05) is 29.8 Å². The number of aromatic nitrogens is 2. The SMILES string of the molecule is COc1ccc(-c2nc3ccc(C(=O)NCc4ccc(C)cc4)cc3nc2-c2ccc(OC)c(OC)c2)cc1OC. The third-order valence-electron chi connectivity index (χ3n) is 6.81. The van der Waals surface area contributed by atoms with E-state index >= 15 is 0 Å². The molecule has 0 saturated heterocycles. The van der Waals surface area contributed by atoms with E-state index in [0.29, 0.717) is 57.5 Å². The summed E-state index contributed by atoms with van der Waals surface area (Å²) in [6.07, 6.45) is 0. The Morgan fingerprint density at radius 1 is 0.634 bits per heavy atom. The van der Waals surface area contributed by atoms with Crippen LogP contribution in [0.5, 0.6) is 23.0 Å². The van der Waals surface area contributed by atoms with Crippen molar-refractivity contribution in [1.29, 1.82) is 0 Å². The number of nitrogens with zero attached hydrogens (tertiary/aromatic N) is 2. The molecule has 1 aromatic heterocycles. The van der Waals surface area contributed by atoms with Gasteiger partial charge in [-0.05, 0) is 67.1 Å². The number of benzene rings is 4. The van der Waals surface area contributed by atoms with Gasteiger partial charge in [0, 0.05) is 23.2 Å². The van der Waals surface area contributed by atoms with Crippen molar-refractivity contribution in [2.45, 2.75) is 13.5 Å². The Hall–Kier alpha value is -5.11. The van der Waals surface area contributed by atoms with Crippen LogP contribution in [0.4, 0.5) is 0 Å². The second-order valence-corrected chi connectivity index (χ2v) is 9.43. The third kappa shape index (κ3) is 5.77. The maximum atomic E-state index is 13.0. The van der Waals surface area contributed by atoms with Crippen molar-refractivity contribution < 1.29 is 23.7 Å². The summed E-state index contributed by atoms with van der Waals surface area (Å²) in [7, 11) is 6.36. The van der Waals surface area contributed by atoms with Gasteiger partial charge in [0.1, 0.15) is 0 Å². The van der Waals surface area contributed by atoms with Crippen molar-refractivity contribution in [2.24, 2.45) is 0 Å². The van der Waals surface area contributed by atoms with Gasteiger partial charge in [-0.25, -0.2) is 9.97 Å². The summed E-state index contributed by atoms with van der Waals surface area (Å²) in [5.74, 6) is 2.16. The summed E-state index contributed by atoms with van der Waals surface area (Å²) in [4.78, 5) is 23.0. The first-order valence-electron chi connectivity index (χ1n) is 13.0. The van der Waals surface area contributed by atoms with Crippen LogP contribution in [0.2, 0.25) is 0 Å². The molecule has 0 atom stereocenters. The second-order valence-electron chi connectivity index (χ2n) is 9.43. The first kappa shape index (κ1) is 27.5. The maximum absolute atomic E-state index is 13.0. The lowest BCUT2D eigenvalue weighted by molar-refractivity contribution is 0.0951. The molecular formula is C33H31N3O5. The maximum Gasteiger partial charge on any atom is 0.251 e. The van der Waals surface area contributed by atoms with Gasteiger partial charge in [0.05, 0.1) is 50.9 Å². The lowest BCUT2D eigenvalue weighted by atomic mass is 10.0. The fraction of sp³-hybridized carbons (Fsp3) is 0.182. The van der Waals surface area contributed by atoms with Gasteiger partial charge >= 0.3 is 0 Å². The molecule has 0 bridgehead atoms. The number of carbonyl (C=O) groups excluding carboxylic acids is 1. The van der Waals surface area contributed by atoms with E-state index in [1.165, 1.54) is 5.56 Å². The first-order valence-corrected chi connectivity index (χ1v) is 13.0. The molecule has 0 radical (unpaired) electrons. The highest BCUT2D eigenvalue weighted by Gasteiger charge is 2.18. The Kier molecular flexibility index (Phi) is 8.01. The number of aryl methyl sites for hydroxylation is 1. The quantitative estimate of drug-likeness (QED) is 0.233. The Bertz CT molecular complexity index is 1720. The number of carbonyl (C=O) groups is 1. The zero-order valence-electron chi connectivity index (χ0n) is 23.6. The van der Waals surface area contributed by atoms with E-state index in [4.69, 9.17) is 28.9 Å². The molecule has 5 rings (SSSR count). The minimum atomic E-state index is -0.189. The standard InChI is InChI=1S/C33H31N3O5/c1-20-6-8-21(9-7-20)19-34-33(37)24-10-13-25-26(16-24)36-32(23-12-15-28(39-3)30(18-23)41-5)31(35-25)22-11-14-27(38-2)29(17-22)40-4/h6-18H,19H2,1-5H3,(H,34,37). The molecule has 5 aromatic rings. The van der Waals surface area contributed by atoms with Gasteiger partial charge in [-0.2, -0.15) is 0 Å². The van der Waals surface area contributed by atoms with Crippen molar-refractivity contribution in [1.82, 2.24) is 15.3 Å². The number of amides is 1. The van der Waals surface area contributed by atoms with E-state index < -0.39 is 0 Å². The molecule has 0 aliphatic carbocycles. The topological polar surface area (TPSA) is 91.8 Å². The summed E-state index contributed by atoms with van der Waals surface area (Å²) in [5.41, 5.74) is 6.75. The van der Waals surface area contributed by atoms with Crippen LogP contribution in [-0.2, 0) is 6.54 Å². The monoisotopic (exact) mass is 549 g/mol. The molecule has 1 heterocycles.